The summed E-state index contributed by atoms with van der Waals surface area (Å²) in [5, 5.41) is 14.0. The number of carbonyl (C=O) groups excluding carboxylic acids is 2. The number of fused-ring (bicyclic) bond motifs is 1. The van der Waals surface area contributed by atoms with E-state index in [1.165, 1.54) is 36.2 Å². The van der Waals surface area contributed by atoms with Gasteiger partial charge < -0.3 is 15.0 Å². The number of non-ortho nitro benzene ring substituents is 1. The van der Waals surface area contributed by atoms with Crippen molar-refractivity contribution in [3.8, 4) is 5.75 Å². The summed E-state index contributed by atoms with van der Waals surface area (Å²) in [5.41, 5.74) is -0.0344. The number of piperidine rings is 1. The van der Waals surface area contributed by atoms with Crippen molar-refractivity contribution < 1.29 is 19.2 Å². The summed E-state index contributed by atoms with van der Waals surface area (Å²) >= 11 is 1.04. The Kier molecular flexibility index (Phi) is 6.83. The number of aryl methyl sites for hydroxylation is 1. The number of nitro groups is 1. The third-order valence-corrected chi connectivity index (χ3v) is 7.39. The second kappa shape index (κ2) is 9.82. The summed E-state index contributed by atoms with van der Waals surface area (Å²) in [5.74, 6) is -0.425. The largest absolute Gasteiger partial charge is 0.495 e. The molecule has 1 fully saturated rings. The van der Waals surface area contributed by atoms with Gasteiger partial charge in [0.2, 0.25) is 5.91 Å². The SMILES string of the molecule is COc1ccc([N+](=O)[O-])cc1NC(=O)c1sc2ncn(CC(=O)N3CCCC[C@H]3C)c(=O)c2c1C. The van der Waals surface area contributed by atoms with Crippen LogP contribution in [0, 0.1) is 17.0 Å². The molecule has 3 aromatic rings. The molecule has 1 aromatic carbocycles. The van der Waals surface area contributed by atoms with Crippen LogP contribution in [-0.2, 0) is 11.3 Å². The van der Waals surface area contributed by atoms with Crippen LogP contribution in [0.2, 0.25) is 0 Å². The van der Waals surface area contributed by atoms with E-state index in [4.69, 9.17) is 4.74 Å². The zero-order chi connectivity index (χ0) is 25.3. The monoisotopic (exact) mass is 499 g/mol. The van der Waals surface area contributed by atoms with Crippen molar-refractivity contribution >= 4 is 44.7 Å². The number of methoxy groups -OCH3 is 1. The van der Waals surface area contributed by atoms with E-state index in [2.05, 4.69) is 10.3 Å². The Morgan fingerprint density at radius 3 is 2.80 bits per heavy atom. The number of ether oxygens (including phenoxy) is 1. The van der Waals surface area contributed by atoms with Crippen LogP contribution in [0.1, 0.15) is 41.4 Å². The van der Waals surface area contributed by atoms with Gasteiger partial charge in [0, 0.05) is 24.7 Å². The Morgan fingerprint density at radius 1 is 1.34 bits per heavy atom. The molecule has 0 unspecified atom stereocenters. The van der Waals surface area contributed by atoms with Gasteiger partial charge in [-0.05, 0) is 44.7 Å². The Labute approximate surface area is 204 Å². The zero-order valence-electron chi connectivity index (χ0n) is 19.6. The van der Waals surface area contributed by atoms with Gasteiger partial charge in [0.05, 0.1) is 34.3 Å². The fourth-order valence-corrected chi connectivity index (χ4v) is 5.31. The standard InChI is InChI=1S/C23H25N5O6S/c1-13-6-4-5-9-27(13)18(29)11-26-12-24-22-19(23(26)31)14(2)20(35-22)21(30)25-16-10-15(28(32)33)7-8-17(16)34-3/h7-8,10,12-13H,4-6,9,11H2,1-3H3,(H,25,30)/t13-/m1/s1. The molecule has 12 heteroatoms. The lowest BCUT2D eigenvalue weighted by Crippen LogP contribution is -2.44. The molecule has 2 aromatic heterocycles. The van der Waals surface area contributed by atoms with E-state index in [1.807, 2.05) is 6.92 Å². The molecule has 1 aliphatic heterocycles. The summed E-state index contributed by atoms with van der Waals surface area (Å²) in [6.45, 7) is 4.20. The van der Waals surface area contributed by atoms with E-state index in [0.29, 0.717) is 16.9 Å². The van der Waals surface area contributed by atoms with Crippen molar-refractivity contribution in [1.82, 2.24) is 14.5 Å². The number of rotatable bonds is 6. The molecule has 184 valence electrons. The maximum atomic E-state index is 13.2. The number of nitrogens with one attached hydrogen (secondary N) is 1. The van der Waals surface area contributed by atoms with Gasteiger partial charge in [0.15, 0.2) is 0 Å². The van der Waals surface area contributed by atoms with Crippen molar-refractivity contribution in [1.29, 1.82) is 0 Å². The van der Waals surface area contributed by atoms with Gasteiger partial charge in [0.1, 0.15) is 17.1 Å². The first-order valence-electron chi connectivity index (χ1n) is 11.1. The number of nitrogens with zero attached hydrogens (tertiary/aromatic N) is 4. The van der Waals surface area contributed by atoms with Gasteiger partial charge in [-0.3, -0.25) is 29.1 Å². The molecule has 2 amide bonds. The normalized spacial score (nSPS) is 15.7. The van der Waals surface area contributed by atoms with E-state index in [9.17, 15) is 24.5 Å². The van der Waals surface area contributed by atoms with Crippen molar-refractivity contribution in [3.63, 3.8) is 0 Å². The Hall–Kier alpha value is -3.80. The number of amides is 2. The molecular formula is C23H25N5O6S. The van der Waals surface area contributed by atoms with Crippen LogP contribution in [0.5, 0.6) is 5.75 Å². The number of nitro benzene ring substituents is 1. The smallest absolute Gasteiger partial charge is 0.271 e. The fourth-order valence-electron chi connectivity index (χ4n) is 4.28. The minimum atomic E-state index is -0.571. The highest BCUT2D eigenvalue weighted by molar-refractivity contribution is 7.20. The van der Waals surface area contributed by atoms with Crippen LogP contribution in [-0.4, -0.2) is 50.9 Å². The molecular weight excluding hydrogens is 474 g/mol. The van der Waals surface area contributed by atoms with Gasteiger partial charge in [-0.25, -0.2) is 4.98 Å². The lowest BCUT2D eigenvalue weighted by molar-refractivity contribution is -0.384. The van der Waals surface area contributed by atoms with Crippen LogP contribution >= 0.6 is 11.3 Å². The van der Waals surface area contributed by atoms with Crippen LogP contribution in [0.3, 0.4) is 0 Å². The second-order valence-electron chi connectivity index (χ2n) is 8.44. The lowest BCUT2D eigenvalue weighted by atomic mass is 10.0. The minimum absolute atomic E-state index is 0.117. The van der Waals surface area contributed by atoms with Crippen molar-refractivity contribution in [2.24, 2.45) is 0 Å². The maximum absolute atomic E-state index is 13.2. The van der Waals surface area contributed by atoms with E-state index < -0.39 is 16.4 Å². The van der Waals surface area contributed by atoms with Crippen LogP contribution < -0.4 is 15.6 Å². The van der Waals surface area contributed by atoms with Crippen molar-refractivity contribution in [2.75, 3.05) is 19.0 Å². The highest BCUT2D eigenvalue weighted by Gasteiger charge is 2.25. The molecule has 35 heavy (non-hydrogen) atoms. The molecule has 1 atom stereocenters. The Bertz CT molecular complexity index is 1380. The summed E-state index contributed by atoms with van der Waals surface area (Å²) in [4.78, 5) is 56.4. The zero-order valence-corrected chi connectivity index (χ0v) is 20.4. The third kappa shape index (κ3) is 4.74. The minimum Gasteiger partial charge on any atom is -0.495 e. The van der Waals surface area contributed by atoms with Gasteiger partial charge in [0.25, 0.3) is 17.2 Å². The van der Waals surface area contributed by atoms with Gasteiger partial charge in [-0.1, -0.05) is 0 Å². The van der Waals surface area contributed by atoms with Crippen molar-refractivity contribution in [2.45, 2.75) is 45.7 Å². The summed E-state index contributed by atoms with van der Waals surface area (Å²) in [7, 11) is 1.39. The summed E-state index contributed by atoms with van der Waals surface area (Å²) in [6.07, 6.45) is 4.30. The number of aromatic nitrogens is 2. The first kappa shape index (κ1) is 24.3. The quantitative estimate of drug-likeness (QED) is 0.406. The van der Waals surface area contributed by atoms with E-state index in [-0.39, 0.29) is 45.9 Å². The number of hydrogen-bond donors (Lipinski definition) is 1. The maximum Gasteiger partial charge on any atom is 0.271 e. The number of hydrogen-bond acceptors (Lipinski definition) is 8. The van der Waals surface area contributed by atoms with Crippen LogP contribution in [0.25, 0.3) is 10.2 Å². The average Bonchev–Trinajstić information content (AvgIpc) is 3.18. The molecule has 0 bridgehead atoms. The summed E-state index contributed by atoms with van der Waals surface area (Å²) < 4.78 is 6.47. The first-order chi connectivity index (χ1) is 16.7. The molecule has 11 nitrogen and oxygen atoms in total. The molecule has 0 aliphatic carbocycles. The van der Waals surface area contributed by atoms with Gasteiger partial charge >= 0.3 is 0 Å². The Morgan fingerprint density at radius 2 is 2.11 bits per heavy atom. The van der Waals surface area contributed by atoms with Gasteiger partial charge in [-0.2, -0.15) is 0 Å². The molecule has 0 radical (unpaired) electrons. The number of benzene rings is 1. The predicted molar refractivity (Wildman–Crippen MR) is 131 cm³/mol. The predicted octanol–water partition coefficient (Wildman–Crippen LogP) is 3.34. The number of likely N-dealkylation sites (tertiary alicyclic amines) is 1. The number of thiophene rings is 1. The number of carbonyl (C=O) groups is 2. The van der Waals surface area contributed by atoms with Crippen LogP contribution in [0.15, 0.2) is 29.3 Å². The van der Waals surface area contributed by atoms with E-state index >= 15 is 0 Å². The topological polar surface area (TPSA) is 137 Å². The number of anilines is 1. The molecule has 0 saturated carbocycles. The van der Waals surface area contributed by atoms with Gasteiger partial charge in [-0.15, -0.1) is 11.3 Å². The summed E-state index contributed by atoms with van der Waals surface area (Å²) in [6, 6.07) is 4.01. The van der Waals surface area contributed by atoms with E-state index in [0.717, 1.165) is 30.6 Å². The fraction of sp³-hybridized carbons (Fsp3) is 0.391. The molecule has 1 aliphatic rings. The molecule has 3 heterocycles. The highest BCUT2D eigenvalue weighted by Crippen LogP contribution is 2.32. The molecule has 1 N–H and O–H groups in total. The highest BCUT2D eigenvalue weighted by atomic mass is 32.1. The van der Waals surface area contributed by atoms with E-state index in [1.54, 1.807) is 11.8 Å². The van der Waals surface area contributed by atoms with Crippen molar-refractivity contribution in [3.05, 3.63) is 55.4 Å². The Balaban J connectivity index is 1.63. The molecule has 4 rings (SSSR count). The van der Waals surface area contributed by atoms with Crippen LogP contribution in [0.4, 0.5) is 11.4 Å². The molecule has 0 spiro atoms. The molecule has 1 saturated heterocycles. The first-order valence-corrected chi connectivity index (χ1v) is 11.9. The lowest BCUT2D eigenvalue weighted by Gasteiger charge is -2.33. The third-order valence-electron chi connectivity index (χ3n) is 6.19. The second-order valence-corrected chi connectivity index (χ2v) is 9.44. The average molecular weight is 500 g/mol.